The van der Waals surface area contributed by atoms with Crippen LogP contribution in [0.1, 0.15) is 24.7 Å². The van der Waals surface area contributed by atoms with Crippen molar-refractivity contribution in [3.63, 3.8) is 0 Å². The van der Waals surface area contributed by atoms with Gasteiger partial charge in [-0.25, -0.2) is 5.84 Å². The highest BCUT2D eigenvalue weighted by Gasteiger charge is 2.02. The molecule has 0 aliphatic rings. The minimum Gasteiger partial charge on any atom is -0.324 e. The number of guanidine groups is 1. The first-order valence-corrected chi connectivity index (χ1v) is 5.39. The summed E-state index contributed by atoms with van der Waals surface area (Å²) in [6, 6.07) is 3.92. The molecule has 1 rings (SSSR count). The summed E-state index contributed by atoms with van der Waals surface area (Å²) in [6.07, 6.45) is 0.984. The number of aliphatic imine (C=N–C) groups is 1. The second kappa shape index (κ2) is 6.07. The number of pyridine rings is 1. The molecule has 0 spiro atoms. The van der Waals surface area contributed by atoms with E-state index in [9.17, 15) is 0 Å². The SMILES string of the molecule is CCCN=C(NN)Nc1ccc(C)nc1C. The van der Waals surface area contributed by atoms with Gasteiger partial charge in [-0.05, 0) is 32.4 Å². The van der Waals surface area contributed by atoms with Crippen molar-refractivity contribution in [2.24, 2.45) is 10.8 Å². The fraction of sp³-hybridized carbons (Fsp3) is 0.455. The van der Waals surface area contributed by atoms with Crippen LogP contribution in [0.2, 0.25) is 0 Å². The van der Waals surface area contributed by atoms with E-state index in [1.54, 1.807) is 0 Å². The maximum Gasteiger partial charge on any atom is 0.210 e. The van der Waals surface area contributed by atoms with E-state index in [0.29, 0.717) is 5.96 Å². The Kier molecular flexibility index (Phi) is 4.72. The predicted octanol–water partition coefficient (Wildman–Crippen LogP) is 1.34. The van der Waals surface area contributed by atoms with Crippen molar-refractivity contribution in [1.82, 2.24) is 10.4 Å². The lowest BCUT2D eigenvalue weighted by Gasteiger charge is -2.11. The van der Waals surface area contributed by atoms with Crippen LogP contribution in [0.5, 0.6) is 0 Å². The maximum atomic E-state index is 5.38. The quantitative estimate of drug-likeness (QED) is 0.311. The number of aryl methyl sites for hydroxylation is 2. The molecule has 88 valence electrons. The molecule has 0 radical (unpaired) electrons. The maximum absolute atomic E-state index is 5.38. The van der Waals surface area contributed by atoms with E-state index >= 15 is 0 Å². The van der Waals surface area contributed by atoms with E-state index in [1.807, 2.05) is 26.0 Å². The molecule has 0 aromatic carbocycles. The summed E-state index contributed by atoms with van der Waals surface area (Å²) < 4.78 is 0. The van der Waals surface area contributed by atoms with E-state index in [2.05, 4.69) is 27.6 Å². The molecule has 5 heteroatoms. The fourth-order valence-electron chi connectivity index (χ4n) is 1.29. The summed E-state index contributed by atoms with van der Waals surface area (Å²) in [5, 5.41) is 3.11. The monoisotopic (exact) mass is 221 g/mol. The predicted molar refractivity (Wildman–Crippen MR) is 67.2 cm³/mol. The second-order valence-electron chi connectivity index (χ2n) is 3.59. The van der Waals surface area contributed by atoms with Crippen molar-refractivity contribution in [1.29, 1.82) is 0 Å². The van der Waals surface area contributed by atoms with E-state index < -0.39 is 0 Å². The topological polar surface area (TPSA) is 75.3 Å². The van der Waals surface area contributed by atoms with Crippen LogP contribution in [0.3, 0.4) is 0 Å². The molecule has 0 atom stereocenters. The highest BCUT2D eigenvalue weighted by Crippen LogP contribution is 2.11. The molecule has 0 saturated carbocycles. The van der Waals surface area contributed by atoms with Gasteiger partial charge >= 0.3 is 0 Å². The van der Waals surface area contributed by atoms with Crippen LogP contribution in [0, 0.1) is 13.8 Å². The number of hydrogen-bond acceptors (Lipinski definition) is 3. The fourth-order valence-corrected chi connectivity index (χ4v) is 1.29. The number of hydrazine groups is 1. The molecule has 1 aromatic heterocycles. The molecule has 0 aliphatic heterocycles. The van der Waals surface area contributed by atoms with Crippen LogP contribution in [-0.4, -0.2) is 17.5 Å². The van der Waals surface area contributed by atoms with Gasteiger partial charge in [-0.15, -0.1) is 0 Å². The number of anilines is 1. The average Bonchev–Trinajstić information content (AvgIpc) is 2.27. The van der Waals surface area contributed by atoms with Gasteiger partial charge in [-0.2, -0.15) is 0 Å². The van der Waals surface area contributed by atoms with Gasteiger partial charge in [0.05, 0.1) is 11.4 Å². The Bertz CT molecular complexity index is 373. The van der Waals surface area contributed by atoms with Gasteiger partial charge < -0.3 is 5.32 Å². The average molecular weight is 221 g/mol. The number of aromatic nitrogens is 1. The van der Waals surface area contributed by atoms with E-state index in [0.717, 1.165) is 30.0 Å². The molecule has 16 heavy (non-hydrogen) atoms. The first-order chi connectivity index (χ1) is 7.67. The number of nitrogens with one attached hydrogen (secondary N) is 2. The van der Waals surface area contributed by atoms with Crippen LogP contribution in [0.15, 0.2) is 17.1 Å². The molecule has 0 amide bonds. The van der Waals surface area contributed by atoms with Gasteiger partial charge in [0, 0.05) is 12.2 Å². The van der Waals surface area contributed by atoms with Gasteiger partial charge in [0.2, 0.25) is 5.96 Å². The van der Waals surface area contributed by atoms with Gasteiger partial charge in [0.1, 0.15) is 0 Å². The highest BCUT2D eigenvalue weighted by molar-refractivity contribution is 5.93. The summed E-state index contributed by atoms with van der Waals surface area (Å²) in [5.74, 6) is 5.94. The van der Waals surface area contributed by atoms with Crippen molar-refractivity contribution in [3.05, 3.63) is 23.5 Å². The minimum atomic E-state index is 0.565. The van der Waals surface area contributed by atoms with Crippen LogP contribution in [0.4, 0.5) is 5.69 Å². The molecular formula is C11H19N5. The van der Waals surface area contributed by atoms with Crippen molar-refractivity contribution in [2.75, 3.05) is 11.9 Å². The normalized spacial score (nSPS) is 11.4. The third kappa shape index (κ3) is 3.51. The zero-order valence-electron chi connectivity index (χ0n) is 10.0. The Balaban J connectivity index is 2.78. The van der Waals surface area contributed by atoms with E-state index in [4.69, 9.17) is 5.84 Å². The standard InChI is InChI=1S/C11H19N5/c1-4-7-13-11(16-12)15-10-6-5-8(2)14-9(10)3/h5-6H,4,7,12H2,1-3H3,(H2,13,15,16). The summed E-state index contributed by atoms with van der Waals surface area (Å²) in [5.41, 5.74) is 5.38. The van der Waals surface area contributed by atoms with Crippen LogP contribution >= 0.6 is 0 Å². The lowest BCUT2D eigenvalue weighted by molar-refractivity contribution is 0.904. The molecule has 1 aromatic rings. The first kappa shape index (κ1) is 12.4. The summed E-state index contributed by atoms with van der Waals surface area (Å²) in [6.45, 7) is 6.72. The van der Waals surface area contributed by atoms with E-state index in [-0.39, 0.29) is 0 Å². The smallest absolute Gasteiger partial charge is 0.210 e. The zero-order valence-corrected chi connectivity index (χ0v) is 10.0. The second-order valence-corrected chi connectivity index (χ2v) is 3.59. The Morgan fingerprint density at radius 3 is 2.75 bits per heavy atom. The third-order valence-corrected chi connectivity index (χ3v) is 2.11. The van der Waals surface area contributed by atoms with Crippen molar-refractivity contribution >= 4 is 11.6 Å². The highest BCUT2D eigenvalue weighted by atomic mass is 15.3. The van der Waals surface area contributed by atoms with Gasteiger partial charge in [0.15, 0.2) is 0 Å². The van der Waals surface area contributed by atoms with Gasteiger partial charge in [-0.1, -0.05) is 6.92 Å². The number of nitrogens with zero attached hydrogens (tertiary/aromatic N) is 2. The lowest BCUT2D eigenvalue weighted by Crippen LogP contribution is -2.36. The lowest BCUT2D eigenvalue weighted by atomic mass is 10.3. The van der Waals surface area contributed by atoms with Crippen molar-refractivity contribution in [2.45, 2.75) is 27.2 Å². The molecule has 0 unspecified atom stereocenters. The molecule has 0 fully saturated rings. The molecule has 0 aliphatic carbocycles. The summed E-state index contributed by atoms with van der Waals surface area (Å²) in [4.78, 5) is 8.62. The van der Waals surface area contributed by atoms with Gasteiger partial charge in [0.25, 0.3) is 0 Å². The Morgan fingerprint density at radius 1 is 1.44 bits per heavy atom. The number of nitrogens with two attached hydrogens (primary N) is 1. The van der Waals surface area contributed by atoms with Crippen LogP contribution < -0.4 is 16.6 Å². The molecule has 0 bridgehead atoms. The molecule has 1 heterocycles. The molecule has 0 saturated heterocycles. The van der Waals surface area contributed by atoms with Crippen molar-refractivity contribution < 1.29 is 0 Å². The molecule has 4 N–H and O–H groups in total. The first-order valence-electron chi connectivity index (χ1n) is 5.39. The Hall–Kier alpha value is -1.62. The van der Waals surface area contributed by atoms with Crippen LogP contribution in [-0.2, 0) is 0 Å². The van der Waals surface area contributed by atoms with Crippen LogP contribution in [0.25, 0.3) is 0 Å². The van der Waals surface area contributed by atoms with Crippen molar-refractivity contribution in [3.8, 4) is 0 Å². The Morgan fingerprint density at radius 2 is 2.19 bits per heavy atom. The number of hydrogen-bond donors (Lipinski definition) is 3. The molecular weight excluding hydrogens is 202 g/mol. The van der Waals surface area contributed by atoms with Gasteiger partial charge in [-0.3, -0.25) is 15.4 Å². The minimum absolute atomic E-state index is 0.565. The third-order valence-electron chi connectivity index (χ3n) is 2.11. The zero-order chi connectivity index (χ0) is 12.0. The largest absolute Gasteiger partial charge is 0.324 e. The van der Waals surface area contributed by atoms with E-state index in [1.165, 1.54) is 0 Å². The summed E-state index contributed by atoms with van der Waals surface area (Å²) >= 11 is 0. The Labute approximate surface area is 96.1 Å². The number of rotatable bonds is 3. The summed E-state index contributed by atoms with van der Waals surface area (Å²) in [7, 11) is 0. The molecule has 5 nitrogen and oxygen atoms in total.